The van der Waals surface area contributed by atoms with Crippen LogP contribution in [0.5, 0.6) is 0 Å². The van der Waals surface area contributed by atoms with Gasteiger partial charge in [0.2, 0.25) is 5.91 Å². The zero-order chi connectivity index (χ0) is 19.5. The molecule has 156 valence electrons. The summed E-state index contributed by atoms with van der Waals surface area (Å²) < 4.78 is 0. The van der Waals surface area contributed by atoms with Crippen LogP contribution in [-0.2, 0) is 17.8 Å². The minimum atomic E-state index is -0.0121. The Hall–Kier alpha value is -1.26. The molecule has 0 bridgehead atoms. The zero-order valence-corrected chi connectivity index (χ0v) is 18.7. The predicted octanol–water partition coefficient (Wildman–Crippen LogP) is 5.47. The number of hydrogen-bond acceptors (Lipinski definition) is 2. The SMILES string of the molecule is Cl.O=C1C(Cc2c(Cl)cccc2Cl)CCN1C1CCCN(Cc2ccccc2)C1. The van der Waals surface area contributed by atoms with Gasteiger partial charge < -0.3 is 4.90 Å². The maximum Gasteiger partial charge on any atom is 0.226 e. The molecule has 2 fully saturated rings. The highest BCUT2D eigenvalue weighted by Crippen LogP contribution is 2.32. The number of amides is 1. The van der Waals surface area contributed by atoms with Gasteiger partial charge in [-0.2, -0.15) is 0 Å². The second-order valence-electron chi connectivity index (χ2n) is 7.94. The molecule has 6 heteroatoms. The van der Waals surface area contributed by atoms with Crippen molar-refractivity contribution in [3.8, 4) is 0 Å². The lowest BCUT2D eigenvalue weighted by atomic mass is 9.97. The molecular formula is C23H27Cl3N2O. The Morgan fingerprint density at radius 1 is 0.931 bits per heavy atom. The largest absolute Gasteiger partial charge is 0.338 e. The van der Waals surface area contributed by atoms with E-state index in [1.165, 1.54) is 5.56 Å². The number of halogens is 3. The summed E-state index contributed by atoms with van der Waals surface area (Å²) in [5, 5.41) is 1.32. The molecule has 4 rings (SSSR count). The zero-order valence-electron chi connectivity index (χ0n) is 16.4. The standard InChI is InChI=1S/C23H26Cl2N2O.ClH/c24-21-9-4-10-22(25)20(21)14-18-11-13-27(23(18)28)19-8-5-12-26(16-19)15-17-6-2-1-3-7-17;/h1-4,6-7,9-10,18-19H,5,8,11-16H2;1H. The minimum absolute atomic E-state index is 0. The summed E-state index contributed by atoms with van der Waals surface area (Å²) in [5.74, 6) is 0.254. The second kappa shape index (κ2) is 10.2. The maximum atomic E-state index is 13.1. The van der Waals surface area contributed by atoms with E-state index < -0.39 is 0 Å². The fourth-order valence-electron chi connectivity index (χ4n) is 4.56. The van der Waals surface area contributed by atoms with Crippen molar-refractivity contribution in [2.24, 2.45) is 5.92 Å². The van der Waals surface area contributed by atoms with Gasteiger partial charge in [0.15, 0.2) is 0 Å². The molecule has 3 nitrogen and oxygen atoms in total. The van der Waals surface area contributed by atoms with Crippen molar-refractivity contribution < 1.29 is 4.79 Å². The fourth-order valence-corrected chi connectivity index (χ4v) is 5.11. The van der Waals surface area contributed by atoms with Gasteiger partial charge in [0, 0.05) is 41.6 Å². The van der Waals surface area contributed by atoms with Gasteiger partial charge in [0.1, 0.15) is 0 Å². The van der Waals surface area contributed by atoms with Crippen molar-refractivity contribution in [1.29, 1.82) is 0 Å². The lowest BCUT2D eigenvalue weighted by molar-refractivity contribution is -0.133. The molecule has 1 amide bonds. The molecule has 2 unspecified atom stereocenters. The number of carbonyl (C=O) groups excluding carboxylic acids is 1. The van der Waals surface area contributed by atoms with Crippen molar-refractivity contribution in [3.63, 3.8) is 0 Å². The van der Waals surface area contributed by atoms with Gasteiger partial charge in [-0.3, -0.25) is 9.69 Å². The third-order valence-corrected chi connectivity index (χ3v) is 6.74. The van der Waals surface area contributed by atoms with E-state index in [0.29, 0.717) is 22.5 Å². The quantitative estimate of drug-likeness (QED) is 0.599. The topological polar surface area (TPSA) is 23.6 Å². The van der Waals surface area contributed by atoms with Gasteiger partial charge >= 0.3 is 0 Å². The summed E-state index contributed by atoms with van der Waals surface area (Å²) in [6.45, 7) is 3.86. The van der Waals surface area contributed by atoms with Gasteiger partial charge in [-0.05, 0) is 55.5 Å². The van der Waals surface area contributed by atoms with Crippen LogP contribution in [0.3, 0.4) is 0 Å². The molecular weight excluding hydrogens is 427 g/mol. The van der Waals surface area contributed by atoms with Crippen molar-refractivity contribution in [3.05, 3.63) is 69.7 Å². The molecule has 2 saturated heterocycles. The molecule has 2 aliphatic rings. The van der Waals surface area contributed by atoms with Gasteiger partial charge in [-0.25, -0.2) is 0 Å². The van der Waals surface area contributed by atoms with Crippen LogP contribution in [0.1, 0.15) is 30.4 Å². The molecule has 0 saturated carbocycles. The van der Waals surface area contributed by atoms with E-state index in [1.807, 2.05) is 18.2 Å². The third-order valence-electron chi connectivity index (χ3n) is 6.03. The third kappa shape index (κ3) is 5.27. The molecule has 0 aliphatic carbocycles. The summed E-state index contributed by atoms with van der Waals surface area (Å²) in [5.41, 5.74) is 2.24. The van der Waals surface area contributed by atoms with Crippen LogP contribution >= 0.6 is 35.6 Å². The number of benzene rings is 2. The molecule has 0 spiro atoms. The molecule has 2 aromatic rings. The van der Waals surface area contributed by atoms with Crippen LogP contribution < -0.4 is 0 Å². The monoisotopic (exact) mass is 452 g/mol. The molecule has 2 aliphatic heterocycles. The van der Waals surface area contributed by atoms with Crippen LogP contribution in [0.25, 0.3) is 0 Å². The first-order valence-corrected chi connectivity index (χ1v) is 10.9. The Labute approximate surface area is 189 Å². The van der Waals surface area contributed by atoms with Crippen molar-refractivity contribution in [1.82, 2.24) is 9.80 Å². The van der Waals surface area contributed by atoms with Crippen molar-refractivity contribution in [2.75, 3.05) is 19.6 Å². The number of hydrogen-bond donors (Lipinski definition) is 0. The summed E-state index contributed by atoms with van der Waals surface area (Å²) in [4.78, 5) is 17.7. The summed E-state index contributed by atoms with van der Waals surface area (Å²) in [6.07, 6.45) is 3.75. The van der Waals surface area contributed by atoms with E-state index >= 15 is 0 Å². The van der Waals surface area contributed by atoms with Crippen molar-refractivity contribution in [2.45, 2.75) is 38.3 Å². The average molecular weight is 454 g/mol. The lowest BCUT2D eigenvalue weighted by Gasteiger charge is -2.38. The first kappa shape index (κ1) is 22.4. The Kier molecular flexibility index (Phi) is 7.86. The average Bonchev–Trinajstić information content (AvgIpc) is 3.06. The lowest BCUT2D eigenvalue weighted by Crippen LogP contribution is -2.48. The molecule has 29 heavy (non-hydrogen) atoms. The Balaban J connectivity index is 0.00000240. The predicted molar refractivity (Wildman–Crippen MR) is 122 cm³/mol. The Bertz CT molecular complexity index is 810. The van der Waals surface area contributed by atoms with Crippen LogP contribution in [0, 0.1) is 5.92 Å². The first-order chi connectivity index (χ1) is 13.6. The summed E-state index contributed by atoms with van der Waals surface area (Å²) in [7, 11) is 0. The highest BCUT2D eigenvalue weighted by Gasteiger charge is 2.37. The molecule has 2 heterocycles. The van der Waals surface area contributed by atoms with E-state index in [-0.39, 0.29) is 24.2 Å². The van der Waals surface area contributed by atoms with E-state index in [1.54, 1.807) is 0 Å². The van der Waals surface area contributed by atoms with Crippen LogP contribution in [0.15, 0.2) is 48.5 Å². The van der Waals surface area contributed by atoms with E-state index in [4.69, 9.17) is 23.2 Å². The molecule has 2 aromatic carbocycles. The molecule has 0 N–H and O–H groups in total. The number of piperidine rings is 1. The maximum absolute atomic E-state index is 13.1. The molecule has 0 aromatic heterocycles. The van der Waals surface area contributed by atoms with Crippen LogP contribution in [0.2, 0.25) is 10.0 Å². The number of carbonyl (C=O) groups is 1. The molecule has 0 radical (unpaired) electrons. The highest BCUT2D eigenvalue weighted by atomic mass is 35.5. The van der Waals surface area contributed by atoms with Crippen LogP contribution in [-0.4, -0.2) is 41.4 Å². The second-order valence-corrected chi connectivity index (χ2v) is 8.75. The smallest absolute Gasteiger partial charge is 0.226 e. The summed E-state index contributed by atoms with van der Waals surface area (Å²) >= 11 is 12.6. The van der Waals surface area contributed by atoms with E-state index in [0.717, 1.165) is 51.0 Å². The number of likely N-dealkylation sites (tertiary alicyclic amines) is 2. The summed E-state index contributed by atoms with van der Waals surface area (Å²) in [6, 6.07) is 16.4. The fraction of sp³-hybridized carbons (Fsp3) is 0.435. The van der Waals surface area contributed by atoms with E-state index in [2.05, 4.69) is 40.1 Å². The normalized spacial score (nSPS) is 22.6. The van der Waals surface area contributed by atoms with Crippen molar-refractivity contribution >= 4 is 41.5 Å². The number of rotatable bonds is 5. The Morgan fingerprint density at radius 2 is 1.66 bits per heavy atom. The number of nitrogens with zero attached hydrogens (tertiary/aromatic N) is 2. The van der Waals surface area contributed by atoms with E-state index in [9.17, 15) is 4.79 Å². The minimum Gasteiger partial charge on any atom is -0.338 e. The molecule has 2 atom stereocenters. The van der Waals surface area contributed by atoms with Gasteiger partial charge in [-0.1, -0.05) is 59.6 Å². The Morgan fingerprint density at radius 3 is 2.38 bits per heavy atom. The van der Waals surface area contributed by atoms with Gasteiger partial charge in [0.25, 0.3) is 0 Å². The highest BCUT2D eigenvalue weighted by molar-refractivity contribution is 6.36. The van der Waals surface area contributed by atoms with Crippen LogP contribution in [0.4, 0.5) is 0 Å². The van der Waals surface area contributed by atoms with Gasteiger partial charge in [0.05, 0.1) is 0 Å². The first-order valence-electron chi connectivity index (χ1n) is 10.1. The van der Waals surface area contributed by atoms with Gasteiger partial charge in [-0.15, -0.1) is 12.4 Å².